The molecule has 0 aliphatic carbocycles. The van der Waals surface area contributed by atoms with E-state index in [0.717, 1.165) is 0 Å². The van der Waals surface area contributed by atoms with Crippen molar-refractivity contribution in [3.05, 3.63) is 46.1 Å². The number of amides is 1. The molecule has 1 aromatic carbocycles. The van der Waals surface area contributed by atoms with Gasteiger partial charge in [-0.25, -0.2) is 0 Å². The van der Waals surface area contributed by atoms with Crippen molar-refractivity contribution < 1.29 is 23.9 Å². The number of aryl methyl sites for hydroxylation is 1. The molecule has 1 N–H and O–H groups in total. The van der Waals surface area contributed by atoms with Crippen molar-refractivity contribution in [2.24, 2.45) is 0 Å². The molecule has 132 valence electrons. The molecule has 1 heterocycles. The molecule has 0 saturated heterocycles. The van der Waals surface area contributed by atoms with Gasteiger partial charge in [0, 0.05) is 13.0 Å². The van der Waals surface area contributed by atoms with Crippen molar-refractivity contribution in [1.29, 1.82) is 0 Å². The fourth-order valence-corrected chi connectivity index (χ4v) is 2.02. The smallest absolute Gasteiger partial charge is 0.406 e. The van der Waals surface area contributed by atoms with E-state index >= 15 is 0 Å². The number of pyridine rings is 1. The van der Waals surface area contributed by atoms with E-state index in [1.165, 1.54) is 20.3 Å². The van der Waals surface area contributed by atoms with E-state index in [1.54, 1.807) is 31.2 Å². The van der Waals surface area contributed by atoms with Crippen LogP contribution in [0.4, 0.5) is 11.5 Å². The van der Waals surface area contributed by atoms with Crippen molar-refractivity contribution in [2.45, 2.75) is 6.92 Å². The van der Waals surface area contributed by atoms with E-state index in [4.69, 9.17) is 14.2 Å². The Morgan fingerprint density at radius 2 is 1.92 bits per heavy atom. The molecule has 0 spiro atoms. The highest BCUT2D eigenvalue weighted by Crippen LogP contribution is 2.29. The molecule has 2 aromatic rings. The summed E-state index contributed by atoms with van der Waals surface area (Å²) in [5.74, 6) is -0.0518. The van der Waals surface area contributed by atoms with Crippen LogP contribution in [0, 0.1) is 17.0 Å². The number of methoxy groups -OCH3 is 2. The number of rotatable bonds is 7. The maximum absolute atomic E-state index is 12.1. The Morgan fingerprint density at radius 3 is 2.56 bits per heavy atom. The molecular weight excluding hydrogens is 330 g/mol. The molecule has 0 aliphatic heterocycles. The number of benzene rings is 1. The standard InChI is InChI=1S/C16H17N3O6/c1-10-4-6-14(16(17-10)19(21)22)25-9-15(20)18-12-8-11(23-2)5-7-13(12)24-3/h4-8H,9H2,1-3H3,(H,18,20). The molecule has 9 heteroatoms. The highest BCUT2D eigenvalue weighted by Gasteiger charge is 2.19. The van der Waals surface area contributed by atoms with E-state index in [-0.39, 0.29) is 5.75 Å². The molecular formula is C16H17N3O6. The number of anilines is 1. The molecule has 2 rings (SSSR count). The minimum absolute atomic E-state index is 0.0802. The summed E-state index contributed by atoms with van der Waals surface area (Å²) < 4.78 is 15.5. The van der Waals surface area contributed by atoms with Crippen molar-refractivity contribution in [3.63, 3.8) is 0 Å². The molecule has 25 heavy (non-hydrogen) atoms. The quantitative estimate of drug-likeness (QED) is 0.604. The predicted octanol–water partition coefficient (Wildman–Crippen LogP) is 2.33. The monoisotopic (exact) mass is 347 g/mol. The Morgan fingerprint density at radius 1 is 1.20 bits per heavy atom. The SMILES string of the molecule is COc1ccc(OC)c(NC(=O)COc2ccc(C)nc2[N+](=O)[O-])c1. The largest absolute Gasteiger partial charge is 0.497 e. The number of aromatic nitrogens is 1. The molecule has 0 unspecified atom stereocenters. The van der Waals surface area contributed by atoms with Crippen LogP contribution in [0.1, 0.15) is 5.69 Å². The minimum atomic E-state index is -0.661. The molecule has 0 radical (unpaired) electrons. The van der Waals surface area contributed by atoms with Gasteiger partial charge in [0.1, 0.15) is 17.2 Å². The van der Waals surface area contributed by atoms with Crippen LogP contribution >= 0.6 is 0 Å². The number of hydrogen-bond acceptors (Lipinski definition) is 7. The van der Waals surface area contributed by atoms with Gasteiger partial charge in [0.15, 0.2) is 6.61 Å². The summed E-state index contributed by atoms with van der Waals surface area (Å²) in [5.41, 5.74) is 0.872. The summed E-state index contributed by atoms with van der Waals surface area (Å²) in [7, 11) is 2.97. The van der Waals surface area contributed by atoms with Gasteiger partial charge in [-0.3, -0.25) is 4.79 Å². The van der Waals surface area contributed by atoms with Gasteiger partial charge in [-0.15, -0.1) is 0 Å². The zero-order valence-electron chi connectivity index (χ0n) is 13.9. The second kappa shape index (κ2) is 7.95. The molecule has 1 aromatic heterocycles. The Hall–Kier alpha value is -3.36. The summed E-state index contributed by atoms with van der Waals surface area (Å²) in [6.45, 7) is 1.20. The summed E-state index contributed by atoms with van der Waals surface area (Å²) in [6, 6.07) is 7.88. The summed E-state index contributed by atoms with van der Waals surface area (Å²) in [4.78, 5) is 26.2. The number of ether oxygens (including phenoxy) is 3. The zero-order valence-corrected chi connectivity index (χ0v) is 13.9. The minimum Gasteiger partial charge on any atom is -0.497 e. The Kier molecular flexibility index (Phi) is 5.72. The van der Waals surface area contributed by atoms with E-state index in [2.05, 4.69) is 10.3 Å². The van der Waals surface area contributed by atoms with Gasteiger partial charge in [-0.2, -0.15) is 0 Å². The van der Waals surface area contributed by atoms with E-state index < -0.39 is 23.3 Å². The first-order valence-electron chi connectivity index (χ1n) is 7.21. The second-order valence-electron chi connectivity index (χ2n) is 4.93. The van der Waals surface area contributed by atoms with Crippen molar-refractivity contribution >= 4 is 17.4 Å². The Balaban J connectivity index is 2.08. The average molecular weight is 347 g/mol. The number of nitrogens with one attached hydrogen (secondary N) is 1. The lowest BCUT2D eigenvalue weighted by Gasteiger charge is -2.12. The van der Waals surface area contributed by atoms with E-state index in [1.807, 2.05) is 0 Å². The normalized spacial score (nSPS) is 10.0. The third kappa shape index (κ3) is 4.56. The second-order valence-corrected chi connectivity index (χ2v) is 4.93. The predicted molar refractivity (Wildman–Crippen MR) is 89.3 cm³/mol. The number of hydrogen-bond donors (Lipinski definition) is 1. The number of carbonyl (C=O) groups is 1. The molecule has 1 amide bonds. The van der Waals surface area contributed by atoms with Crippen LogP contribution in [-0.4, -0.2) is 36.6 Å². The molecule has 0 aliphatic rings. The first-order valence-corrected chi connectivity index (χ1v) is 7.21. The lowest BCUT2D eigenvalue weighted by atomic mass is 10.2. The van der Waals surface area contributed by atoms with Crippen LogP contribution in [-0.2, 0) is 4.79 Å². The topological polar surface area (TPSA) is 113 Å². The average Bonchev–Trinajstić information content (AvgIpc) is 2.60. The van der Waals surface area contributed by atoms with Gasteiger partial charge in [0.05, 0.1) is 19.9 Å². The highest BCUT2D eigenvalue weighted by molar-refractivity contribution is 5.93. The Bertz CT molecular complexity index is 793. The Labute approximate surface area is 143 Å². The zero-order chi connectivity index (χ0) is 18.4. The van der Waals surface area contributed by atoms with Crippen LogP contribution in [0.25, 0.3) is 0 Å². The number of carbonyl (C=O) groups excluding carboxylic acids is 1. The van der Waals surface area contributed by atoms with Gasteiger partial charge >= 0.3 is 5.82 Å². The van der Waals surface area contributed by atoms with E-state index in [9.17, 15) is 14.9 Å². The van der Waals surface area contributed by atoms with Crippen LogP contribution in [0.3, 0.4) is 0 Å². The van der Waals surface area contributed by atoms with Gasteiger partial charge in [0.2, 0.25) is 5.75 Å². The van der Waals surface area contributed by atoms with Gasteiger partial charge in [-0.1, -0.05) is 0 Å². The third-order valence-corrected chi connectivity index (χ3v) is 3.19. The first kappa shape index (κ1) is 18.0. The van der Waals surface area contributed by atoms with E-state index in [0.29, 0.717) is 22.9 Å². The highest BCUT2D eigenvalue weighted by atomic mass is 16.6. The van der Waals surface area contributed by atoms with Gasteiger partial charge in [0.25, 0.3) is 5.91 Å². The van der Waals surface area contributed by atoms with Crippen molar-refractivity contribution in [1.82, 2.24) is 4.98 Å². The van der Waals surface area contributed by atoms with Crippen molar-refractivity contribution in [2.75, 3.05) is 26.1 Å². The fourth-order valence-electron chi connectivity index (χ4n) is 2.02. The van der Waals surface area contributed by atoms with Crippen LogP contribution < -0.4 is 19.5 Å². The van der Waals surface area contributed by atoms with Crippen molar-refractivity contribution in [3.8, 4) is 17.2 Å². The molecule has 0 saturated carbocycles. The van der Waals surface area contributed by atoms with Crippen LogP contribution in [0.5, 0.6) is 17.2 Å². The molecule has 0 atom stereocenters. The maximum Gasteiger partial charge on any atom is 0.406 e. The lowest BCUT2D eigenvalue weighted by molar-refractivity contribution is -0.390. The summed E-state index contributed by atoms with van der Waals surface area (Å²) in [6.07, 6.45) is 0. The maximum atomic E-state index is 12.1. The summed E-state index contributed by atoms with van der Waals surface area (Å²) >= 11 is 0. The lowest BCUT2D eigenvalue weighted by Crippen LogP contribution is -2.21. The molecule has 9 nitrogen and oxygen atoms in total. The first-order chi connectivity index (χ1) is 11.9. The molecule has 0 fully saturated rings. The summed E-state index contributed by atoms with van der Waals surface area (Å²) in [5, 5.41) is 13.6. The van der Waals surface area contributed by atoms with Crippen LogP contribution in [0.15, 0.2) is 30.3 Å². The third-order valence-electron chi connectivity index (χ3n) is 3.19. The van der Waals surface area contributed by atoms with Gasteiger partial charge in [-0.05, 0) is 34.2 Å². The number of nitro groups is 1. The van der Waals surface area contributed by atoms with Gasteiger partial charge < -0.3 is 29.6 Å². The van der Waals surface area contributed by atoms with Crippen LogP contribution in [0.2, 0.25) is 0 Å². The number of nitrogens with zero attached hydrogens (tertiary/aromatic N) is 2. The molecule has 0 bridgehead atoms. The fraction of sp³-hybridized carbons (Fsp3) is 0.250.